The number of hydrogen-bond donors (Lipinski definition) is 3. The number of aliphatic hydroxyl groups excluding tert-OH is 1. The minimum atomic E-state index is -1.17. The molecule has 4 fully saturated rings. The molecule has 4 rings (SSSR count). The highest BCUT2D eigenvalue weighted by molar-refractivity contribution is 5.75. The Morgan fingerprint density at radius 1 is 1.16 bits per heavy atom. The topological polar surface area (TPSA) is 90.3 Å². The SMILES string of the molecule is CC(C)[C@]12O[C@H]1CC1[C@@]3(C)CCC[C@@](C)(C(=O)O)[C@@H]3CC[C@@]1(O)[C@H]2O. The van der Waals surface area contributed by atoms with Gasteiger partial charge in [0.1, 0.15) is 11.7 Å². The Bertz CT molecular complexity index is 605. The van der Waals surface area contributed by atoms with Gasteiger partial charge in [0.15, 0.2) is 0 Å². The summed E-state index contributed by atoms with van der Waals surface area (Å²) in [5.41, 5.74) is -2.79. The van der Waals surface area contributed by atoms with E-state index in [0.29, 0.717) is 19.3 Å². The number of rotatable bonds is 2. The van der Waals surface area contributed by atoms with E-state index in [1.807, 2.05) is 20.8 Å². The molecule has 3 saturated carbocycles. The van der Waals surface area contributed by atoms with Gasteiger partial charge >= 0.3 is 5.97 Å². The minimum Gasteiger partial charge on any atom is -0.481 e. The first-order valence-corrected chi connectivity index (χ1v) is 9.85. The first kappa shape index (κ1) is 17.7. The third kappa shape index (κ3) is 1.93. The van der Waals surface area contributed by atoms with Crippen molar-refractivity contribution in [2.75, 3.05) is 0 Å². The molecule has 3 N–H and O–H groups in total. The summed E-state index contributed by atoms with van der Waals surface area (Å²) in [5.74, 6) is -0.635. The summed E-state index contributed by atoms with van der Waals surface area (Å²) < 4.78 is 5.99. The lowest BCUT2D eigenvalue weighted by Crippen LogP contribution is -2.69. The molecule has 8 atom stereocenters. The fraction of sp³-hybridized carbons (Fsp3) is 0.950. The van der Waals surface area contributed by atoms with Gasteiger partial charge in [-0.1, -0.05) is 27.2 Å². The normalized spacial score (nSPS) is 57.4. The summed E-state index contributed by atoms with van der Waals surface area (Å²) >= 11 is 0. The fourth-order valence-corrected chi connectivity index (χ4v) is 7.27. The molecule has 0 spiro atoms. The van der Waals surface area contributed by atoms with Crippen LogP contribution in [0.5, 0.6) is 0 Å². The van der Waals surface area contributed by atoms with Crippen LogP contribution in [-0.4, -0.2) is 44.7 Å². The zero-order valence-corrected chi connectivity index (χ0v) is 15.8. The van der Waals surface area contributed by atoms with Gasteiger partial charge in [-0.05, 0) is 62.2 Å². The van der Waals surface area contributed by atoms with Crippen LogP contribution in [0.1, 0.15) is 66.2 Å². The van der Waals surface area contributed by atoms with Crippen LogP contribution in [0.25, 0.3) is 0 Å². The van der Waals surface area contributed by atoms with Crippen LogP contribution in [0.3, 0.4) is 0 Å². The van der Waals surface area contributed by atoms with Crippen molar-refractivity contribution in [3.05, 3.63) is 0 Å². The predicted molar refractivity (Wildman–Crippen MR) is 91.9 cm³/mol. The molecule has 0 aromatic rings. The van der Waals surface area contributed by atoms with Gasteiger partial charge in [0.05, 0.1) is 17.1 Å². The Balaban J connectivity index is 1.74. The molecule has 5 heteroatoms. The van der Waals surface area contributed by atoms with E-state index in [4.69, 9.17) is 4.74 Å². The Kier molecular flexibility index (Phi) is 3.54. The van der Waals surface area contributed by atoms with Crippen molar-refractivity contribution in [3.8, 4) is 0 Å². The van der Waals surface area contributed by atoms with Crippen LogP contribution >= 0.6 is 0 Å². The Morgan fingerprint density at radius 2 is 1.84 bits per heavy atom. The predicted octanol–water partition coefficient (Wildman–Crippen LogP) is 2.58. The van der Waals surface area contributed by atoms with E-state index in [1.165, 1.54) is 0 Å². The van der Waals surface area contributed by atoms with Crippen molar-refractivity contribution in [2.24, 2.45) is 28.6 Å². The maximum Gasteiger partial charge on any atom is 0.309 e. The molecule has 0 bridgehead atoms. The van der Waals surface area contributed by atoms with Gasteiger partial charge in [-0.2, -0.15) is 0 Å². The number of carboxylic acid groups (broad SMARTS) is 1. The number of fused-ring (bicyclic) bond motifs is 4. The fourth-order valence-electron chi connectivity index (χ4n) is 7.27. The van der Waals surface area contributed by atoms with Crippen LogP contribution in [0.2, 0.25) is 0 Å². The average molecular weight is 352 g/mol. The molecule has 1 saturated heterocycles. The van der Waals surface area contributed by atoms with Crippen LogP contribution in [0.4, 0.5) is 0 Å². The van der Waals surface area contributed by atoms with Crippen molar-refractivity contribution in [1.29, 1.82) is 0 Å². The first-order chi connectivity index (χ1) is 11.5. The lowest BCUT2D eigenvalue weighted by Gasteiger charge is -2.63. The second-order valence-corrected chi connectivity index (χ2v) is 9.97. The highest BCUT2D eigenvalue weighted by Gasteiger charge is 2.77. The van der Waals surface area contributed by atoms with Crippen molar-refractivity contribution in [2.45, 2.75) is 89.6 Å². The molecule has 1 heterocycles. The Hall–Kier alpha value is -0.650. The lowest BCUT2D eigenvalue weighted by atomic mass is 9.42. The van der Waals surface area contributed by atoms with Gasteiger partial charge in [0.2, 0.25) is 0 Å². The highest BCUT2D eigenvalue weighted by Crippen LogP contribution is 2.69. The molecular weight excluding hydrogens is 320 g/mol. The number of ether oxygens (including phenoxy) is 1. The molecule has 0 radical (unpaired) electrons. The maximum absolute atomic E-state index is 12.1. The van der Waals surface area contributed by atoms with Gasteiger partial charge in [-0.15, -0.1) is 0 Å². The zero-order chi connectivity index (χ0) is 18.4. The summed E-state index contributed by atoms with van der Waals surface area (Å²) in [6, 6.07) is 0. The Morgan fingerprint density at radius 3 is 2.44 bits per heavy atom. The molecule has 1 unspecified atom stereocenters. The van der Waals surface area contributed by atoms with Crippen LogP contribution in [0.15, 0.2) is 0 Å². The number of carbonyl (C=O) groups is 1. The molecular formula is C20H32O5. The van der Waals surface area contributed by atoms with E-state index < -0.39 is 28.7 Å². The number of hydrogen-bond acceptors (Lipinski definition) is 4. The molecule has 25 heavy (non-hydrogen) atoms. The van der Waals surface area contributed by atoms with Gasteiger partial charge in [-0.25, -0.2) is 0 Å². The van der Waals surface area contributed by atoms with Gasteiger partial charge in [-0.3, -0.25) is 4.79 Å². The summed E-state index contributed by atoms with van der Waals surface area (Å²) in [7, 11) is 0. The largest absolute Gasteiger partial charge is 0.481 e. The molecule has 1 aliphatic heterocycles. The summed E-state index contributed by atoms with van der Waals surface area (Å²) in [4.78, 5) is 12.1. The second-order valence-electron chi connectivity index (χ2n) is 9.97. The first-order valence-electron chi connectivity index (χ1n) is 9.85. The monoisotopic (exact) mass is 352 g/mol. The molecule has 5 nitrogen and oxygen atoms in total. The second kappa shape index (κ2) is 4.99. The highest BCUT2D eigenvalue weighted by atomic mass is 16.6. The third-order valence-corrected chi connectivity index (χ3v) is 8.74. The average Bonchev–Trinajstić information content (AvgIpc) is 3.26. The summed E-state index contributed by atoms with van der Waals surface area (Å²) in [6.07, 6.45) is 3.43. The van der Waals surface area contributed by atoms with Crippen molar-refractivity contribution >= 4 is 5.97 Å². The molecule has 0 amide bonds. The number of epoxide rings is 1. The van der Waals surface area contributed by atoms with Crippen LogP contribution in [0, 0.1) is 28.6 Å². The van der Waals surface area contributed by atoms with E-state index in [9.17, 15) is 20.1 Å². The van der Waals surface area contributed by atoms with E-state index in [2.05, 4.69) is 6.92 Å². The van der Waals surface area contributed by atoms with E-state index in [1.54, 1.807) is 0 Å². The molecule has 142 valence electrons. The number of aliphatic carboxylic acids is 1. The molecule has 3 aliphatic carbocycles. The van der Waals surface area contributed by atoms with Crippen LogP contribution < -0.4 is 0 Å². The number of carboxylic acids is 1. The smallest absolute Gasteiger partial charge is 0.309 e. The third-order valence-electron chi connectivity index (χ3n) is 8.74. The van der Waals surface area contributed by atoms with Crippen molar-refractivity contribution in [3.63, 3.8) is 0 Å². The lowest BCUT2D eigenvalue weighted by molar-refractivity contribution is -0.239. The van der Waals surface area contributed by atoms with Gasteiger partial charge in [0, 0.05) is 0 Å². The van der Waals surface area contributed by atoms with Crippen molar-refractivity contribution in [1.82, 2.24) is 0 Å². The van der Waals surface area contributed by atoms with Crippen LogP contribution in [-0.2, 0) is 9.53 Å². The molecule has 0 aromatic carbocycles. The van der Waals surface area contributed by atoms with E-state index in [-0.39, 0.29) is 29.3 Å². The molecule has 0 aromatic heterocycles. The summed E-state index contributed by atoms with van der Waals surface area (Å²) in [6.45, 7) is 8.13. The van der Waals surface area contributed by atoms with Gasteiger partial charge in [0.25, 0.3) is 0 Å². The van der Waals surface area contributed by atoms with E-state index >= 15 is 0 Å². The molecule has 4 aliphatic rings. The zero-order valence-electron chi connectivity index (χ0n) is 15.8. The van der Waals surface area contributed by atoms with Gasteiger partial charge < -0.3 is 20.1 Å². The maximum atomic E-state index is 12.1. The number of aliphatic hydroxyl groups is 2. The standard InChI is InChI=1S/C20H32O5/c1-11(2)20-14(25-20)10-13-17(3)7-5-8-18(4,16(22)23)12(17)6-9-19(13,24)15(20)21/h11-15,21,24H,5-10H2,1-4H3,(H,22,23)/t12-,13?,14+,15-,17+,18-,19+,20+/m1/s1. The van der Waals surface area contributed by atoms with Crippen molar-refractivity contribution < 1.29 is 24.9 Å². The van der Waals surface area contributed by atoms with E-state index in [0.717, 1.165) is 19.3 Å². The Labute approximate surface area is 149 Å². The minimum absolute atomic E-state index is 0.0126. The summed E-state index contributed by atoms with van der Waals surface area (Å²) in [5, 5.41) is 32.7. The quantitative estimate of drug-likeness (QED) is 0.665.